The number of pyridine rings is 1. The molecular formula is C21H22N6OS. The summed E-state index contributed by atoms with van der Waals surface area (Å²) in [6.45, 7) is 3.19. The molecule has 1 amide bonds. The zero-order valence-corrected chi connectivity index (χ0v) is 16.9. The lowest BCUT2D eigenvalue weighted by molar-refractivity contribution is -0.117. The van der Waals surface area contributed by atoms with Gasteiger partial charge in [-0.1, -0.05) is 49.0 Å². The molecule has 29 heavy (non-hydrogen) atoms. The molecule has 0 saturated carbocycles. The lowest BCUT2D eigenvalue weighted by Crippen LogP contribution is -2.28. The quantitative estimate of drug-likeness (QED) is 0.703. The van der Waals surface area contributed by atoms with Gasteiger partial charge in [-0.15, -0.1) is 0 Å². The molecule has 1 aliphatic heterocycles. The van der Waals surface area contributed by atoms with E-state index in [1.165, 1.54) is 0 Å². The first kappa shape index (κ1) is 20.7. The van der Waals surface area contributed by atoms with E-state index in [-0.39, 0.29) is 6.04 Å². The summed E-state index contributed by atoms with van der Waals surface area (Å²) in [5.74, 6) is 0.00845. The molecular weight excluding hydrogens is 384 g/mol. The van der Waals surface area contributed by atoms with E-state index in [1.807, 2.05) is 42.2 Å². The Morgan fingerprint density at radius 2 is 2.00 bits per heavy atom. The topological polar surface area (TPSA) is 133 Å². The number of nitrogens with zero attached hydrogens (tertiary/aromatic N) is 4. The maximum Gasteiger partial charge on any atom is 0.235 e. The highest BCUT2D eigenvalue weighted by atomic mass is 32.2. The van der Waals surface area contributed by atoms with Crippen molar-refractivity contribution in [1.29, 1.82) is 10.5 Å². The number of benzene rings is 1. The molecule has 2 aromatic rings. The van der Waals surface area contributed by atoms with Crippen LogP contribution in [0.1, 0.15) is 40.8 Å². The summed E-state index contributed by atoms with van der Waals surface area (Å²) in [5, 5.41) is 19.3. The molecule has 0 spiro atoms. The maximum absolute atomic E-state index is 12.2. The standard InChI is InChI=1S/C21H22N6OS/c1-2-15-16(10-22)20(27-9-8-14(24)12-27)26-21(17(15)11-23)29-18(19(25)28)13-6-4-3-5-7-13/h3-7,14,18H,2,8-9,12,24H2,1H3,(H2,25,28). The Bertz CT molecular complexity index is 995. The predicted octanol–water partition coefficient (Wildman–Crippen LogP) is 2.24. The van der Waals surface area contributed by atoms with E-state index >= 15 is 0 Å². The lowest BCUT2D eigenvalue weighted by Gasteiger charge is -2.23. The normalized spacial score (nSPS) is 16.8. The second-order valence-corrected chi connectivity index (χ2v) is 7.95. The van der Waals surface area contributed by atoms with Crippen LogP contribution in [0.4, 0.5) is 5.82 Å². The van der Waals surface area contributed by atoms with Crippen LogP contribution in [0.5, 0.6) is 0 Å². The van der Waals surface area contributed by atoms with Crippen molar-refractivity contribution < 1.29 is 4.79 Å². The molecule has 0 bridgehead atoms. The molecule has 1 aromatic heterocycles. The third-order valence-electron chi connectivity index (χ3n) is 4.94. The van der Waals surface area contributed by atoms with Crippen molar-refractivity contribution in [3.8, 4) is 12.1 Å². The first-order chi connectivity index (χ1) is 14.0. The Hall–Kier alpha value is -3.07. The van der Waals surface area contributed by atoms with Crippen molar-refractivity contribution in [2.45, 2.75) is 36.1 Å². The van der Waals surface area contributed by atoms with Crippen LogP contribution in [0.15, 0.2) is 35.4 Å². The van der Waals surface area contributed by atoms with E-state index in [0.717, 1.165) is 23.7 Å². The molecule has 1 aliphatic rings. The summed E-state index contributed by atoms with van der Waals surface area (Å²) < 4.78 is 0. The Morgan fingerprint density at radius 3 is 2.52 bits per heavy atom. The van der Waals surface area contributed by atoms with Gasteiger partial charge in [0, 0.05) is 19.1 Å². The third kappa shape index (κ3) is 4.19. The zero-order chi connectivity index (χ0) is 21.0. The molecule has 2 atom stereocenters. The number of carbonyl (C=O) groups excluding carboxylic acids is 1. The van der Waals surface area contributed by atoms with Crippen molar-refractivity contribution in [2.75, 3.05) is 18.0 Å². The molecule has 7 nitrogen and oxygen atoms in total. The van der Waals surface area contributed by atoms with Crippen LogP contribution < -0.4 is 16.4 Å². The van der Waals surface area contributed by atoms with E-state index in [2.05, 4.69) is 17.1 Å². The number of carbonyl (C=O) groups is 1. The number of primary amides is 1. The monoisotopic (exact) mass is 406 g/mol. The smallest absolute Gasteiger partial charge is 0.235 e. The molecule has 8 heteroatoms. The molecule has 2 unspecified atom stereocenters. The van der Waals surface area contributed by atoms with Crippen LogP contribution in [-0.4, -0.2) is 30.0 Å². The molecule has 3 rings (SSSR count). The number of nitriles is 2. The third-order valence-corrected chi connectivity index (χ3v) is 6.20. The van der Waals surface area contributed by atoms with Crippen LogP contribution in [0.3, 0.4) is 0 Å². The molecule has 1 fully saturated rings. The Labute approximate surface area is 174 Å². The van der Waals surface area contributed by atoms with E-state index < -0.39 is 11.2 Å². The zero-order valence-electron chi connectivity index (χ0n) is 16.1. The number of amides is 1. The van der Waals surface area contributed by atoms with Gasteiger partial charge in [-0.3, -0.25) is 4.79 Å². The van der Waals surface area contributed by atoms with E-state index in [9.17, 15) is 15.3 Å². The van der Waals surface area contributed by atoms with Gasteiger partial charge in [0.25, 0.3) is 0 Å². The van der Waals surface area contributed by atoms with Gasteiger partial charge in [0.05, 0.1) is 11.1 Å². The molecule has 2 heterocycles. The highest BCUT2D eigenvalue weighted by Gasteiger charge is 2.29. The van der Waals surface area contributed by atoms with Gasteiger partial charge < -0.3 is 16.4 Å². The van der Waals surface area contributed by atoms with Gasteiger partial charge in [-0.25, -0.2) is 4.98 Å². The van der Waals surface area contributed by atoms with Crippen molar-refractivity contribution in [3.63, 3.8) is 0 Å². The summed E-state index contributed by atoms with van der Waals surface area (Å²) in [4.78, 5) is 18.8. The minimum absolute atomic E-state index is 0.0165. The van der Waals surface area contributed by atoms with E-state index in [1.54, 1.807) is 0 Å². The number of nitrogens with two attached hydrogens (primary N) is 2. The van der Waals surface area contributed by atoms with Crippen LogP contribution in [0.25, 0.3) is 0 Å². The fourth-order valence-electron chi connectivity index (χ4n) is 3.51. The second-order valence-electron chi connectivity index (χ2n) is 6.85. The Morgan fingerprint density at radius 1 is 1.31 bits per heavy atom. The molecule has 1 saturated heterocycles. The van der Waals surface area contributed by atoms with Gasteiger partial charge in [-0.2, -0.15) is 10.5 Å². The van der Waals surface area contributed by atoms with Crippen LogP contribution in [-0.2, 0) is 11.2 Å². The number of anilines is 1. The van der Waals surface area contributed by atoms with Gasteiger partial charge >= 0.3 is 0 Å². The predicted molar refractivity (Wildman–Crippen MR) is 112 cm³/mol. The molecule has 1 aromatic carbocycles. The average Bonchev–Trinajstić information content (AvgIpc) is 3.17. The largest absolute Gasteiger partial charge is 0.368 e. The SMILES string of the molecule is CCc1c(C#N)c(SC(C(N)=O)c2ccccc2)nc(N2CCC(N)C2)c1C#N. The number of thioether (sulfide) groups is 1. The maximum atomic E-state index is 12.2. The van der Waals surface area contributed by atoms with Crippen LogP contribution in [0.2, 0.25) is 0 Å². The Kier molecular flexibility index (Phi) is 6.38. The second kappa shape index (κ2) is 8.95. The highest BCUT2D eigenvalue weighted by Crippen LogP contribution is 2.39. The first-order valence-electron chi connectivity index (χ1n) is 9.38. The van der Waals surface area contributed by atoms with Crippen molar-refractivity contribution in [3.05, 3.63) is 52.6 Å². The summed E-state index contributed by atoms with van der Waals surface area (Å²) in [5.41, 5.74) is 13.8. The van der Waals surface area contributed by atoms with Gasteiger partial charge in [0.1, 0.15) is 28.2 Å². The lowest BCUT2D eigenvalue weighted by atomic mass is 10.0. The van der Waals surface area contributed by atoms with Crippen LogP contribution in [0, 0.1) is 22.7 Å². The van der Waals surface area contributed by atoms with Crippen LogP contribution >= 0.6 is 11.8 Å². The molecule has 148 valence electrons. The van der Waals surface area contributed by atoms with Crippen molar-refractivity contribution >= 4 is 23.5 Å². The fraction of sp³-hybridized carbons (Fsp3) is 0.333. The van der Waals surface area contributed by atoms with E-state index in [4.69, 9.17) is 11.5 Å². The fourth-order valence-corrected chi connectivity index (χ4v) is 4.57. The van der Waals surface area contributed by atoms with E-state index in [0.29, 0.717) is 47.0 Å². The minimum Gasteiger partial charge on any atom is -0.368 e. The van der Waals surface area contributed by atoms with Crippen molar-refractivity contribution in [2.24, 2.45) is 11.5 Å². The minimum atomic E-state index is -0.692. The first-order valence-corrected chi connectivity index (χ1v) is 10.3. The van der Waals surface area contributed by atoms with Gasteiger partial charge in [0.15, 0.2) is 0 Å². The average molecular weight is 407 g/mol. The summed E-state index contributed by atoms with van der Waals surface area (Å²) in [7, 11) is 0. The number of rotatable bonds is 6. The van der Waals surface area contributed by atoms with Gasteiger partial charge in [0.2, 0.25) is 5.91 Å². The molecule has 4 N–H and O–H groups in total. The molecule has 0 radical (unpaired) electrons. The molecule has 0 aliphatic carbocycles. The van der Waals surface area contributed by atoms with Crippen molar-refractivity contribution in [1.82, 2.24) is 4.98 Å². The summed E-state index contributed by atoms with van der Waals surface area (Å²) in [6, 6.07) is 13.6. The highest BCUT2D eigenvalue weighted by molar-refractivity contribution is 8.00. The Balaban J connectivity index is 2.13. The number of hydrogen-bond acceptors (Lipinski definition) is 7. The number of hydrogen-bond donors (Lipinski definition) is 2. The van der Waals surface area contributed by atoms with Gasteiger partial charge in [-0.05, 0) is 24.0 Å². The summed E-state index contributed by atoms with van der Waals surface area (Å²) >= 11 is 1.15. The summed E-state index contributed by atoms with van der Waals surface area (Å²) in [6.07, 6.45) is 1.31. The number of aromatic nitrogens is 1.